The van der Waals surface area contributed by atoms with Gasteiger partial charge in [0.25, 0.3) is 0 Å². The van der Waals surface area contributed by atoms with E-state index >= 15 is 0 Å². The lowest BCUT2D eigenvalue weighted by atomic mass is 10.2. The first-order chi connectivity index (χ1) is 5.97. The monoisotopic (exact) mass is 201 g/mol. The maximum absolute atomic E-state index is 11.0. The molecule has 0 aromatic carbocycles. The van der Waals surface area contributed by atoms with Crippen molar-refractivity contribution in [3.63, 3.8) is 0 Å². The maximum atomic E-state index is 11.0. The zero-order chi connectivity index (χ0) is 9.90. The molecular weight excluding hydrogens is 182 g/mol. The van der Waals surface area contributed by atoms with Gasteiger partial charge in [0, 0.05) is 19.1 Å². The first kappa shape index (κ1) is 10.7. The number of hydrogen-bond donors (Lipinski definition) is 1. The minimum absolute atomic E-state index is 0.168. The molecule has 13 heavy (non-hydrogen) atoms. The van der Waals surface area contributed by atoms with Crippen LogP contribution >= 0.6 is 0 Å². The summed E-state index contributed by atoms with van der Waals surface area (Å²) in [7, 11) is -1.43. The molecule has 1 fully saturated rings. The van der Waals surface area contributed by atoms with Gasteiger partial charge in [0.1, 0.15) is 0 Å². The minimum Gasteiger partial charge on any atom is -0.415 e. The molecule has 0 aliphatic carbocycles. The smallest absolute Gasteiger partial charge is 0.220 e. The van der Waals surface area contributed by atoms with Gasteiger partial charge in [-0.2, -0.15) is 0 Å². The predicted octanol–water partition coefficient (Wildman–Crippen LogP) is 1.51. The Hall–Kier alpha value is -0.353. The average Bonchev–Trinajstić information content (AvgIpc) is 2.12. The molecular formula is C9H19NO2Si. The molecule has 0 aromatic heterocycles. The highest BCUT2D eigenvalue weighted by molar-refractivity contribution is 6.69. The third-order valence-electron chi connectivity index (χ3n) is 2.00. The summed E-state index contributed by atoms with van der Waals surface area (Å²) in [4.78, 5) is 11.0. The lowest BCUT2D eigenvalue weighted by Gasteiger charge is -2.24. The molecule has 3 nitrogen and oxygen atoms in total. The highest BCUT2D eigenvalue weighted by Crippen LogP contribution is 2.15. The Kier molecular flexibility index (Phi) is 3.50. The summed E-state index contributed by atoms with van der Waals surface area (Å²) in [5, 5.41) is 2.86. The van der Waals surface area contributed by atoms with Crippen LogP contribution in [-0.4, -0.2) is 26.9 Å². The van der Waals surface area contributed by atoms with Gasteiger partial charge in [-0.1, -0.05) is 0 Å². The van der Waals surface area contributed by atoms with Gasteiger partial charge in [-0.25, -0.2) is 0 Å². The normalized spacial score (nSPS) is 25.2. The van der Waals surface area contributed by atoms with Crippen LogP contribution in [0.4, 0.5) is 0 Å². The van der Waals surface area contributed by atoms with Crippen molar-refractivity contribution < 1.29 is 9.22 Å². The van der Waals surface area contributed by atoms with Crippen molar-refractivity contribution in [1.82, 2.24) is 5.32 Å². The van der Waals surface area contributed by atoms with Crippen molar-refractivity contribution >= 4 is 14.2 Å². The quantitative estimate of drug-likeness (QED) is 0.688. The van der Waals surface area contributed by atoms with Gasteiger partial charge in [0.15, 0.2) is 8.32 Å². The van der Waals surface area contributed by atoms with Crippen LogP contribution < -0.4 is 5.32 Å². The molecule has 1 unspecified atom stereocenters. The molecule has 1 N–H and O–H groups in total. The molecule has 1 heterocycles. The van der Waals surface area contributed by atoms with Crippen LogP contribution in [0.5, 0.6) is 0 Å². The van der Waals surface area contributed by atoms with Crippen LogP contribution in [0.2, 0.25) is 19.6 Å². The second kappa shape index (κ2) is 4.24. The fourth-order valence-electron chi connectivity index (χ4n) is 1.52. The van der Waals surface area contributed by atoms with Crippen molar-refractivity contribution in [2.24, 2.45) is 0 Å². The SMILES string of the molecule is C[Si](C)(C)OC1CCNC(=O)CC1. The van der Waals surface area contributed by atoms with Gasteiger partial charge < -0.3 is 9.74 Å². The van der Waals surface area contributed by atoms with E-state index in [0.29, 0.717) is 12.5 Å². The van der Waals surface area contributed by atoms with Crippen molar-refractivity contribution in [3.05, 3.63) is 0 Å². The second-order valence-corrected chi connectivity index (χ2v) is 8.99. The average molecular weight is 201 g/mol. The van der Waals surface area contributed by atoms with Crippen LogP contribution in [0, 0.1) is 0 Å². The molecule has 4 heteroatoms. The fourth-order valence-corrected chi connectivity index (χ4v) is 2.75. The number of carbonyl (C=O) groups is 1. The number of carbonyl (C=O) groups excluding carboxylic acids is 1. The standard InChI is InChI=1S/C9H19NO2Si/c1-13(2,3)12-8-4-5-9(11)10-7-6-8/h8H,4-7H2,1-3H3,(H,10,11). The van der Waals surface area contributed by atoms with Gasteiger partial charge in [0.2, 0.25) is 5.91 Å². The van der Waals surface area contributed by atoms with Crippen molar-refractivity contribution in [2.45, 2.75) is 45.0 Å². The van der Waals surface area contributed by atoms with Gasteiger partial charge in [-0.05, 0) is 32.5 Å². The molecule has 0 radical (unpaired) electrons. The Morgan fingerprint density at radius 1 is 1.38 bits per heavy atom. The second-order valence-electron chi connectivity index (χ2n) is 4.53. The van der Waals surface area contributed by atoms with Crippen molar-refractivity contribution in [2.75, 3.05) is 6.54 Å². The van der Waals surface area contributed by atoms with Gasteiger partial charge in [-0.15, -0.1) is 0 Å². The van der Waals surface area contributed by atoms with E-state index in [9.17, 15) is 4.79 Å². The third kappa shape index (κ3) is 4.43. The zero-order valence-corrected chi connectivity index (χ0v) is 9.72. The largest absolute Gasteiger partial charge is 0.415 e. The third-order valence-corrected chi connectivity index (χ3v) is 3.04. The first-order valence-corrected chi connectivity index (χ1v) is 8.33. The fraction of sp³-hybridized carbons (Fsp3) is 0.889. The van der Waals surface area contributed by atoms with E-state index < -0.39 is 8.32 Å². The summed E-state index contributed by atoms with van der Waals surface area (Å²) in [6, 6.07) is 0. The van der Waals surface area contributed by atoms with Gasteiger partial charge in [-0.3, -0.25) is 4.79 Å². The molecule has 76 valence electrons. The molecule has 0 spiro atoms. The molecule has 0 saturated carbocycles. The summed E-state index contributed by atoms with van der Waals surface area (Å²) in [6.07, 6.45) is 2.77. The van der Waals surface area contributed by atoms with E-state index in [1.807, 2.05) is 0 Å². The van der Waals surface area contributed by atoms with Crippen LogP contribution in [0.3, 0.4) is 0 Å². The number of hydrogen-bond acceptors (Lipinski definition) is 2. The number of nitrogens with one attached hydrogen (secondary N) is 1. The van der Waals surface area contributed by atoms with E-state index in [2.05, 4.69) is 25.0 Å². The first-order valence-electron chi connectivity index (χ1n) is 4.92. The lowest BCUT2D eigenvalue weighted by molar-refractivity contribution is -0.120. The highest BCUT2D eigenvalue weighted by atomic mass is 28.4. The van der Waals surface area contributed by atoms with Gasteiger partial charge >= 0.3 is 0 Å². The summed E-state index contributed by atoms with van der Waals surface area (Å²) in [5.74, 6) is 0.168. The van der Waals surface area contributed by atoms with Crippen LogP contribution in [0.1, 0.15) is 19.3 Å². The molecule has 0 bridgehead atoms. The van der Waals surface area contributed by atoms with Crippen molar-refractivity contribution in [3.8, 4) is 0 Å². The molecule has 0 aromatic rings. The molecule has 1 rings (SSSR count). The topological polar surface area (TPSA) is 38.3 Å². The summed E-state index contributed by atoms with van der Waals surface area (Å²) < 4.78 is 5.95. The highest BCUT2D eigenvalue weighted by Gasteiger charge is 2.23. The van der Waals surface area contributed by atoms with Crippen molar-refractivity contribution in [1.29, 1.82) is 0 Å². The Morgan fingerprint density at radius 3 is 2.69 bits per heavy atom. The number of amides is 1. The maximum Gasteiger partial charge on any atom is 0.220 e. The lowest BCUT2D eigenvalue weighted by Crippen LogP contribution is -2.32. The van der Waals surface area contributed by atoms with E-state index in [-0.39, 0.29) is 5.91 Å². The van der Waals surface area contributed by atoms with Gasteiger partial charge in [0.05, 0.1) is 0 Å². The van der Waals surface area contributed by atoms with E-state index in [4.69, 9.17) is 4.43 Å². The number of rotatable bonds is 2. The van der Waals surface area contributed by atoms with E-state index in [1.54, 1.807) is 0 Å². The molecule has 1 amide bonds. The zero-order valence-electron chi connectivity index (χ0n) is 8.72. The van der Waals surface area contributed by atoms with Crippen LogP contribution in [-0.2, 0) is 9.22 Å². The molecule has 1 saturated heterocycles. The summed E-state index contributed by atoms with van der Waals surface area (Å²) in [5.41, 5.74) is 0. The minimum atomic E-state index is -1.43. The molecule has 1 atom stereocenters. The Balaban J connectivity index is 2.38. The van der Waals surface area contributed by atoms with E-state index in [1.165, 1.54) is 0 Å². The Bertz CT molecular complexity index is 189. The Labute approximate surface area is 81.0 Å². The van der Waals surface area contributed by atoms with E-state index in [0.717, 1.165) is 19.4 Å². The summed E-state index contributed by atoms with van der Waals surface area (Å²) in [6.45, 7) is 7.33. The Morgan fingerprint density at radius 2 is 2.08 bits per heavy atom. The van der Waals surface area contributed by atoms with Crippen LogP contribution in [0.25, 0.3) is 0 Å². The van der Waals surface area contributed by atoms with Crippen LogP contribution in [0.15, 0.2) is 0 Å². The predicted molar refractivity (Wildman–Crippen MR) is 55.1 cm³/mol. The molecule has 1 aliphatic heterocycles. The summed E-state index contributed by atoms with van der Waals surface area (Å²) >= 11 is 0. The molecule has 1 aliphatic rings.